The summed E-state index contributed by atoms with van der Waals surface area (Å²) in [6.07, 6.45) is 4.28. The molecule has 2 heterocycles. The predicted octanol–water partition coefficient (Wildman–Crippen LogP) is 2.63. The fourth-order valence-electron chi connectivity index (χ4n) is 2.83. The van der Waals surface area contributed by atoms with Crippen LogP contribution in [0.3, 0.4) is 0 Å². The van der Waals surface area contributed by atoms with E-state index in [2.05, 4.69) is 16.0 Å². The summed E-state index contributed by atoms with van der Waals surface area (Å²) in [5.74, 6) is 0.630. The molecular weight excluding hydrogens is 269 g/mol. The summed E-state index contributed by atoms with van der Waals surface area (Å²) in [4.78, 5) is 6.53. The quantitative estimate of drug-likeness (QED) is 0.870. The molecule has 0 aliphatic carbocycles. The van der Waals surface area contributed by atoms with Crippen LogP contribution in [0.2, 0.25) is 0 Å². The van der Waals surface area contributed by atoms with Gasteiger partial charge >= 0.3 is 0 Å². The maximum Gasteiger partial charge on any atom is 0.139 e. The van der Waals surface area contributed by atoms with Gasteiger partial charge in [0.05, 0.1) is 13.2 Å². The van der Waals surface area contributed by atoms with Crippen molar-refractivity contribution in [3.8, 4) is 11.4 Å². The fraction of sp³-hybridized carbons (Fsp3) is 0.438. The van der Waals surface area contributed by atoms with Gasteiger partial charge in [0.15, 0.2) is 0 Å². The fourth-order valence-corrected chi connectivity index (χ4v) is 2.83. The molecule has 0 atom stereocenters. The summed E-state index contributed by atoms with van der Waals surface area (Å²) in [5, 5.41) is 0. The number of aryl methyl sites for hydroxylation is 1. The van der Waals surface area contributed by atoms with E-state index in [4.69, 9.17) is 4.74 Å². The Morgan fingerprint density at radius 1 is 1.29 bits per heavy atom. The minimum atomic E-state index is -0.153. The summed E-state index contributed by atoms with van der Waals surface area (Å²) >= 11 is 0. The molecule has 112 valence electrons. The largest absolute Gasteiger partial charge is 0.378 e. The summed E-state index contributed by atoms with van der Waals surface area (Å²) in [6.45, 7) is 4.98. The first-order valence-corrected chi connectivity index (χ1v) is 7.33. The van der Waals surface area contributed by atoms with E-state index in [1.54, 1.807) is 12.3 Å². The topological polar surface area (TPSA) is 30.3 Å². The van der Waals surface area contributed by atoms with Crippen LogP contribution < -0.4 is 4.90 Å². The third-order valence-electron chi connectivity index (χ3n) is 3.96. The highest BCUT2D eigenvalue weighted by molar-refractivity contribution is 5.67. The third-order valence-corrected chi connectivity index (χ3v) is 3.96. The van der Waals surface area contributed by atoms with Gasteiger partial charge < -0.3 is 14.2 Å². The molecule has 4 nitrogen and oxygen atoms in total. The van der Waals surface area contributed by atoms with Gasteiger partial charge in [-0.25, -0.2) is 9.37 Å². The number of morpholine rings is 1. The Balaban J connectivity index is 2.08. The zero-order valence-corrected chi connectivity index (χ0v) is 12.5. The maximum atomic E-state index is 14.5. The number of halogens is 1. The molecule has 0 saturated carbocycles. The molecular formula is C16H20FN3O. The van der Waals surface area contributed by atoms with E-state index in [1.807, 2.05) is 24.7 Å². The van der Waals surface area contributed by atoms with E-state index in [1.165, 1.54) is 0 Å². The molecule has 1 aliphatic rings. The number of rotatable bonds is 3. The number of hydrogen-bond acceptors (Lipinski definition) is 3. The lowest BCUT2D eigenvalue weighted by atomic mass is 10.0. The van der Waals surface area contributed by atoms with E-state index < -0.39 is 0 Å². The second-order valence-corrected chi connectivity index (χ2v) is 5.27. The van der Waals surface area contributed by atoms with E-state index in [0.717, 1.165) is 35.7 Å². The van der Waals surface area contributed by atoms with Crippen LogP contribution in [-0.4, -0.2) is 35.9 Å². The molecule has 21 heavy (non-hydrogen) atoms. The zero-order chi connectivity index (χ0) is 14.8. The summed E-state index contributed by atoms with van der Waals surface area (Å²) in [6, 6.07) is 3.64. The number of nitrogens with zero attached hydrogens (tertiary/aromatic N) is 3. The first-order chi connectivity index (χ1) is 10.2. The molecule has 1 saturated heterocycles. The highest BCUT2D eigenvalue weighted by atomic mass is 19.1. The van der Waals surface area contributed by atoms with Gasteiger partial charge in [-0.1, -0.05) is 6.92 Å². The lowest BCUT2D eigenvalue weighted by molar-refractivity contribution is 0.122. The molecule has 0 spiro atoms. The van der Waals surface area contributed by atoms with Crippen LogP contribution in [0.25, 0.3) is 11.4 Å². The summed E-state index contributed by atoms with van der Waals surface area (Å²) < 4.78 is 21.8. The minimum absolute atomic E-state index is 0.153. The number of anilines is 1. The van der Waals surface area contributed by atoms with E-state index >= 15 is 0 Å². The monoisotopic (exact) mass is 289 g/mol. The van der Waals surface area contributed by atoms with Crippen molar-refractivity contribution in [1.82, 2.24) is 9.55 Å². The molecule has 1 fully saturated rings. The zero-order valence-electron chi connectivity index (χ0n) is 12.5. The Kier molecular flexibility index (Phi) is 3.92. The normalized spacial score (nSPS) is 15.5. The van der Waals surface area contributed by atoms with Gasteiger partial charge in [0.25, 0.3) is 0 Å². The van der Waals surface area contributed by atoms with Crippen molar-refractivity contribution >= 4 is 5.69 Å². The second-order valence-electron chi connectivity index (χ2n) is 5.27. The number of hydrogen-bond donors (Lipinski definition) is 0. The van der Waals surface area contributed by atoms with Gasteiger partial charge in [0.2, 0.25) is 0 Å². The molecule has 1 aromatic carbocycles. The Labute approximate surface area is 124 Å². The van der Waals surface area contributed by atoms with Gasteiger partial charge in [0, 0.05) is 49.3 Å². The van der Waals surface area contributed by atoms with Crippen LogP contribution in [0.4, 0.5) is 10.1 Å². The van der Waals surface area contributed by atoms with Crippen LogP contribution in [0.5, 0.6) is 0 Å². The third kappa shape index (κ3) is 2.65. The van der Waals surface area contributed by atoms with Crippen LogP contribution in [0.1, 0.15) is 12.5 Å². The van der Waals surface area contributed by atoms with Gasteiger partial charge in [-0.15, -0.1) is 0 Å². The molecule has 0 radical (unpaired) electrons. The molecule has 0 amide bonds. The number of benzene rings is 1. The van der Waals surface area contributed by atoms with Gasteiger partial charge in [-0.2, -0.15) is 0 Å². The molecule has 5 heteroatoms. The summed E-state index contributed by atoms with van der Waals surface area (Å²) in [7, 11) is 1.92. The highest BCUT2D eigenvalue weighted by Gasteiger charge is 2.19. The maximum absolute atomic E-state index is 14.5. The average Bonchev–Trinajstić information content (AvgIpc) is 2.93. The van der Waals surface area contributed by atoms with E-state index in [0.29, 0.717) is 19.6 Å². The first-order valence-electron chi connectivity index (χ1n) is 7.33. The van der Waals surface area contributed by atoms with E-state index in [9.17, 15) is 4.39 Å². The van der Waals surface area contributed by atoms with Crippen molar-refractivity contribution < 1.29 is 9.13 Å². The van der Waals surface area contributed by atoms with Crippen molar-refractivity contribution in [3.63, 3.8) is 0 Å². The van der Waals surface area contributed by atoms with Crippen molar-refractivity contribution in [3.05, 3.63) is 35.9 Å². The SMILES string of the molecule is CCc1c(F)cc(-c2nccn2C)cc1N1CCOCC1. The van der Waals surface area contributed by atoms with Crippen molar-refractivity contribution in [2.24, 2.45) is 7.05 Å². The standard InChI is InChI=1S/C16H20FN3O/c1-3-13-14(17)10-12(16-18-4-5-19(16)2)11-15(13)20-6-8-21-9-7-20/h4-5,10-11H,3,6-9H2,1-2H3. The second kappa shape index (κ2) is 5.85. The molecule has 0 unspecified atom stereocenters. The molecule has 0 N–H and O–H groups in total. The molecule has 0 bridgehead atoms. The number of ether oxygens (including phenoxy) is 1. The van der Waals surface area contributed by atoms with E-state index in [-0.39, 0.29) is 5.82 Å². The highest BCUT2D eigenvalue weighted by Crippen LogP contribution is 2.30. The first kappa shape index (κ1) is 14.1. The Bertz CT molecular complexity index is 632. The van der Waals surface area contributed by atoms with Gasteiger partial charge in [0.1, 0.15) is 11.6 Å². The number of imidazole rings is 1. The van der Waals surface area contributed by atoms with Crippen molar-refractivity contribution in [1.29, 1.82) is 0 Å². The molecule has 1 aliphatic heterocycles. The Morgan fingerprint density at radius 2 is 2.05 bits per heavy atom. The average molecular weight is 289 g/mol. The van der Waals surface area contributed by atoms with Crippen LogP contribution in [0, 0.1) is 5.82 Å². The van der Waals surface area contributed by atoms with Crippen LogP contribution in [0.15, 0.2) is 24.5 Å². The van der Waals surface area contributed by atoms with Crippen molar-refractivity contribution in [2.45, 2.75) is 13.3 Å². The van der Waals surface area contributed by atoms with Gasteiger partial charge in [-0.3, -0.25) is 0 Å². The Morgan fingerprint density at radius 3 is 2.67 bits per heavy atom. The lowest BCUT2D eigenvalue weighted by Gasteiger charge is -2.31. The lowest BCUT2D eigenvalue weighted by Crippen LogP contribution is -2.37. The Hall–Kier alpha value is -1.88. The molecule has 3 rings (SSSR count). The minimum Gasteiger partial charge on any atom is -0.378 e. The van der Waals surface area contributed by atoms with Crippen molar-refractivity contribution in [2.75, 3.05) is 31.2 Å². The molecule has 2 aromatic rings. The number of aromatic nitrogens is 2. The molecule has 1 aromatic heterocycles. The predicted molar refractivity (Wildman–Crippen MR) is 81.0 cm³/mol. The van der Waals surface area contributed by atoms with Crippen LogP contribution >= 0.6 is 0 Å². The van der Waals surface area contributed by atoms with Crippen LogP contribution in [-0.2, 0) is 18.2 Å². The summed E-state index contributed by atoms with van der Waals surface area (Å²) in [5.41, 5.74) is 2.56. The smallest absolute Gasteiger partial charge is 0.139 e. The van der Waals surface area contributed by atoms with Gasteiger partial charge in [-0.05, 0) is 18.6 Å².